The van der Waals surface area contributed by atoms with Crippen LogP contribution in [-0.4, -0.2) is 22.5 Å². The number of rotatable bonds is 6. The first-order valence-corrected chi connectivity index (χ1v) is 10.7. The predicted molar refractivity (Wildman–Crippen MR) is 135 cm³/mol. The summed E-state index contributed by atoms with van der Waals surface area (Å²) in [5.41, 5.74) is 4.07. The fourth-order valence-electron chi connectivity index (χ4n) is 2.62. The van der Waals surface area contributed by atoms with E-state index in [2.05, 4.69) is 65.8 Å². The van der Waals surface area contributed by atoms with Crippen LogP contribution in [-0.2, 0) is 18.5 Å². The van der Waals surface area contributed by atoms with Crippen molar-refractivity contribution in [2.24, 2.45) is 4.99 Å². The number of aryl methyl sites for hydroxylation is 1. The van der Waals surface area contributed by atoms with Gasteiger partial charge in [-0.25, -0.2) is 15.0 Å². The molecule has 2 aromatic heterocycles. The van der Waals surface area contributed by atoms with Crippen LogP contribution in [0.5, 0.6) is 0 Å². The second-order valence-electron chi connectivity index (χ2n) is 7.95. The normalized spacial score (nSPS) is 11.8. The molecule has 8 heteroatoms. The lowest BCUT2D eigenvalue weighted by Gasteiger charge is -2.13. The van der Waals surface area contributed by atoms with Crippen molar-refractivity contribution in [1.29, 1.82) is 0 Å². The number of hydrogen-bond donors (Lipinski definition) is 2. The summed E-state index contributed by atoms with van der Waals surface area (Å²) in [6, 6.07) is 8.14. The zero-order chi connectivity index (χ0) is 20.9. The molecule has 162 valence electrons. The van der Waals surface area contributed by atoms with Gasteiger partial charge in [-0.1, -0.05) is 38.5 Å². The average molecular weight is 539 g/mol. The molecular weight excluding hydrogens is 509 g/mol. The Morgan fingerprint density at radius 2 is 1.83 bits per heavy atom. The standard InChI is InChI=1S/C22H29N5OS.HI/c1-6-23-21(25-12-18-14-29-20(27-18)22(3,4)5)24-11-17-13-28-19(26-17)16-9-7-15(2)8-10-16;/h7-10,13-14H,6,11-12H2,1-5H3,(H2,23,24,25);1H. The number of aliphatic imine (C=N–C) groups is 1. The van der Waals surface area contributed by atoms with E-state index in [0.29, 0.717) is 19.0 Å². The maximum Gasteiger partial charge on any atom is 0.226 e. The third-order valence-corrected chi connectivity index (χ3v) is 5.54. The van der Waals surface area contributed by atoms with E-state index >= 15 is 0 Å². The molecule has 3 aromatic rings. The molecule has 0 atom stereocenters. The van der Waals surface area contributed by atoms with Gasteiger partial charge in [0, 0.05) is 22.9 Å². The number of guanidine groups is 1. The third-order valence-electron chi connectivity index (χ3n) is 4.22. The Morgan fingerprint density at radius 1 is 1.10 bits per heavy atom. The largest absolute Gasteiger partial charge is 0.444 e. The number of oxazole rings is 1. The van der Waals surface area contributed by atoms with Gasteiger partial charge in [0.25, 0.3) is 0 Å². The maximum atomic E-state index is 5.63. The van der Waals surface area contributed by atoms with Gasteiger partial charge in [-0.3, -0.25) is 0 Å². The maximum absolute atomic E-state index is 5.63. The minimum absolute atomic E-state index is 0. The molecule has 0 saturated carbocycles. The number of thiazole rings is 1. The summed E-state index contributed by atoms with van der Waals surface area (Å²) in [6.45, 7) is 12.5. The second-order valence-corrected chi connectivity index (χ2v) is 8.81. The Kier molecular flexibility index (Phi) is 8.84. The van der Waals surface area contributed by atoms with E-state index in [4.69, 9.17) is 9.40 Å². The highest BCUT2D eigenvalue weighted by Crippen LogP contribution is 2.25. The molecule has 0 spiro atoms. The van der Waals surface area contributed by atoms with Crippen molar-refractivity contribution in [1.82, 2.24) is 20.6 Å². The van der Waals surface area contributed by atoms with Crippen molar-refractivity contribution in [3.8, 4) is 11.5 Å². The summed E-state index contributed by atoms with van der Waals surface area (Å²) in [4.78, 5) is 13.9. The molecule has 0 amide bonds. The van der Waals surface area contributed by atoms with Crippen LogP contribution in [0.3, 0.4) is 0 Å². The second kappa shape index (κ2) is 10.9. The molecule has 6 nitrogen and oxygen atoms in total. The van der Waals surface area contributed by atoms with Crippen LogP contribution in [0.25, 0.3) is 11.5 Å². The molecule has 0 saturated heterocycles. The summed E-state index contributed by atoms with van der Waals surface area (Å²) in [7, 11) is 0. The molecule has 0 radical (unpaired) electrons. The van der Waals surface area contributed by atoms with E-state index in [0.717, 1.165) is 34.5 Å². The monoisotopic (exact) mass is 539 g/mol. The molecule has 0 fully saturated rings. The van der Waals surface area contributed by atoms with Crippen molar-refractivity contribution in [2.45, 2.75) is 53.1 Å². The van der Waals surface area contributed by atoms with Gasteiger partial charge in [0.15, 0.2) is 5.96 Å². The van der Waals surface area contributed by atoms with E-state index in [9.17, 15) is 0 Å². The molecule has 0 aliphatic carbocycles. The topological polar surface area (TPSA) is 75.3 Å². The van der Waals surface area contributed by atoms with Gasteiger partial charge in [0.1, 0.15) is 6.26 Å². The number of nitrogens with one attached hydrogen (secondary N) is 2. The van der Waals surface area contributed by atoms with Crippen molar-refractivity contribution < 1.29 is 4.42 Å². The zero-order valence-electron chi connectivity index (χ0n) is 18.2. The van der Waals surface area contributed by atoms with E-state index in [1.165, 1.54) is 5.56 Å². The van der Waals surface area contributed by atoms with Gasteiger partial charge in [-0.15, -0.1) is 35.3 Å². The first-order chi connectivity index (χ1) is 13.8. The van der Waals surface area contributed by atoms with Crippen molar-refractivity contribution in [3.05, 3.63) is 57.9 Å². The Bertz CT molecular complexity index is 957. The summed E-state index contributed by atoms with van der Waals surface area (Å²) in [6.07, 6.45) is 1.68. The third kappa shape index (κ3) is 6.80. The van der Waals surface area contributed by atoms with Crippen LogP contribution in [0.15, 0.2) is 45.3 Å². The van der Waals surface area contributed by atoms with E-state index in [-0.39, 0.29) is 29.4 Å². The van der Waals surface area contributed by atoms with Gasteiger partial charge >= 0.3 is 0 Å². The van der Waals surface area contributed by atoms with Crippen LogP contribution in [0.1, 0.15) is 49.7 Å². The van der Waals surface area contributed by atoms with Gasteiger partial charge < -0.3 is 15.1 Å². The lowest BCUT2D eigenvalue weighted by Crippen LogP contribution is -2.36. The molecule has 2 heterocycles. The van der Waals surface area contributed by atoms with Gasteiger partial charge in [-0.2, -0.15) is 0 Å². The first kappa shape index (κ1) is 24.3. The van der Waals surface area contributed by atoms with Crippen LogP contribution < -0.4 is 10.6 Å². The minimum Gasteiger partial charge on any atom is -0.444 e. The average Bonchev–Trinajstić information content (AvgIpc) is 3.34. The quantitative estimate of drug-likeness (QED) is 0.254. The summed E-state index contributed by atoms with van der Waals surface area (Å²) in [5.74, 6) is 1.36. The number of halogens is 1. The fraction of sp³-hybridized carbons (Fsp3) is 0.409. The number of hydrogen-bond acceptors (Lipinski definition) is 5. The fourth-order valence-corrected chi connectivity index (χ4v) is 3.52. The van der Waals surface area contributed by atoms with Crippen LogP contribution >= 0.6 is 35.3 Å². The molecule has 0 aliphatic heterocycles. The number of aromatic nitrogens is 2. The molecule has 0 bridgehead atoms. The SMILES string of the molecule is CCNC(=NCc1csc(C(C)(C)C)n1)NCc1coc(-c2ccc(C)cc2)n1.I. The van der Waals surface area contributed by atoms with Gasteiger partial charge in [0.05, 0.1) is 29.5 Å². The highest BCUT2D eigenvalue weighted by Gasteiger charge is 2.17. The van der Waals surface area contributed by atoms with Crippen LogP contribution in [0.2, 0.25) is 0 Å². The molecule has 1 aromatic carbocycles. The summed E-state index contributed by atoms with van der Waals surface area (Å²) >= 11 is 1.69. The van der Waals surface area contributed by atoms with Crippen molar-refractivity contribution in [3.63, 3.8) is 0 Å². The minimum atomic E-state index is 0. The van der Waals surface area contributed by atoms with E-state index in [1.54, 1.807) is 17.6 Å². The molecule has 3 rings (SSSR count). The Labute approximate surface area is 199 Å². The number of nitrogens with zero attached hydrogens (tertiary/aromatic N) is 3. The van der Waals surface area contributed by atoms with Crippen LogP contribution in [0, 0.1) is 6.92 Å². The highest BCUT2D eigenvalue weighted by molar-refractivity contribution is 14.0. The molecule has 0 unspecified atom stereocenters. The van der Waals surface area contributed by atoms with Crippen molar-refractivity contribution in [2.75, 3.05) is 6.54 Å². The van der Waals surface area contributed by atoms with E-state index in [1.807, 2.05) is 19.1 Å². The lowest BCUT2D eigenvalue weighted by molar-refractivity contribution is 0.572. The Hall–Kier alpha value is -1.94. The summed E-state index contributed by atoms with van der Waals surface area (Å²) < 4.78 is 5.63. The molecular formula is C22H30IN5OS. The smallest absolute Gasteiger partial charge is 0.226 e. The van der Waals surface area contributed by atoms with E-state index < -0.39 is 0 Å². The van der Waals surface area contributed by atoms with Gasteiger partial charge in [0.2, 0.25) is 5.89 Å². The first-order valence-electron chi connectivity index (χ1n) is 9.83. The van der Waals surface area contributed by atoms with Gasteiger partial charge in [-0.05, 0) is 26.0 Å². The number of benzene rings is 1. The zero-order valence-corrected chi connectivity index (χ0v) is 21.3. The molecule has 30 heavy (non-hydrogen) atoms. The Balaban J connectivity index is 0.00000320. The van der Waals surface area contributed by atoms with Crippen LogP contribution in [0.4, 0.5) is 0 Å². The lowest BCUT2D eigenvalue weighted by atomic mass is 9.98. The predicted octanol–water partition coefficient (Wildman–Crippen LogP) is 5.28. The molecule has 0 aliphatic rings. The summed E-state index contributed by atoms with van der Waals surface area (Å²) in [5, 5.41) is 9.79. The highest BCUT2D eigenvalue weighted by atomic mass is 127. The molecule has 2 N–H and O–H groups in total. The van der Waals surface area contributed by atoms with Crippen molar-refractivity contribution >= 4 is 41.3 Å². The Morgan fingerprint density at radius 3 is 2.47 bits per heavy atom.